The first-order valence-corrected chi connectivity index (χ1v) is 6.34. The van der Waals surface area contributed by atoms with E-state index in [2.05, 4.69) is 4.98 Å². The van der Waals surface area contributed by atoms with Gasteiger partial charge in [-0.2, -0.15) is 0 Å². The van der Waals surface area contributed by atoms with Gasteiger partial charge in [-0.05, 0) is 16.0 Å². The molecule has 94 valence electrons. The van der Waals surface area contributed by atoms with E-state index in [0.29, 0.717) is 6.07 Å². The molecule has 0 N–H and O–H groups in total. The molecular weight excluding hydrogens is 282 g/mol. The fraction of sp³-hybridized carbons (Fsp3) is 0.286. The maximum Gasteiger partial charge on any atom is 0.372 e. The molecule has 0 radical (unpaired) electrons. The zero-order chi connectivity index (χ0) is 13.4. The molecule has 0 bridgehead atoms. The fourth-order valence-corrected chi connectivity index (χ4v) is 2.28. The van der Waals surface area contributed by atoms with Gasteiger partial charge in [0, 0.05) is 17.6 Å². The normalized spacial score (nSPS) is 11.8. The van der Waals surface area contributed by atoms with E-state index in [4.69, 9.17) is 10.7 Å². The van der Waals surface area contributed by atoms with Gasteiger partial charge in [0.1, 0.15) is 10.5 Å². The van der Waals surface area contributed by atoms with Crippen LogP contribution in [0.5, 0.6) is 0 Å². The number of nitro groups is 1. The van der Waals surface area contributed by atoms with E-state index in [1.54, 1.807) is 0 Å². The van der Waals surface area contributed by atoms with Gasteiger partial charge < -0.3 is 10.1 Å². The molecule has 0 unspecified atom stereocenters. The molecule has 0 aromatic carbocycles. The van der Waals surface area contributed by atoms with Gasteiger partial charge in [-0.25, -0.2) is 17.2 Å². The van der Waals surface area contributed by atoms with Crippen LogP contribution in [0, 0.1) is 17.0 Å². The van der Waals surface area contributed by atoms with Crippen molar-refractivity contribution in [3.05, 3.63) is 27.4 Å². The highest BCUT2D eigenvalue weighted by Crippen LogP contribution is 2.31. The zero-order valence-electron chi connectivity index (χ0n) is 8.22. The Morgan fingerprint density at radius 1 is 1.53 bits per heavy atom. The van der Waals surface area contributed by atoms with Crippen LogP contribution in [0.25, 0.3) is 0 Å². The topological polar surface area (TPSA) is 90.2 Å². The van der Waals surface area contributed by atoms with Crippen molar-refractivity contribution < 1.29 is 22.1 Å². The second kappa shape index (κ2) is 4.49. The average molecular weight is 287 g/mol. The molecule has 0 aliphatic heterocycles. The second-order valence-electron chi connectivity index (χ2n) is 2.98. The van der Waals surface area contributed by atoms with Crippen molar-refractivity contribution in [3.8, 4) is 0 Å². The molecule has 1 aromatic rings. The van der Waals surface area contributed by atoms with Crippen LogP contribution in [-0.2, 0) is 9.05 Å². The monoisotopic (exact) mass is 286 g/mol. The predicted molar refractivity (Wildman–Crippen MR) is 53.6 cm³/mol. The number of rotatable bonds is 3. The van der Waals surface area contributed by atoms with E-state index < -0.39 is 36.7 Å². The number of hydrogen-bond donors (Lipinski definition) is 0. The van der Waals surface area contributed by atoms with Crippen molar-refractivity contribution in [2.24, 2.45) is 0 Å². The molecule has 0 spiro atoms. The minimum atomic E-state index is -4.28. The van der Waals surface area contributed by atoms with E-state index in [1.807, 2.05) is 0 Å². The van der Waals surface area contributed by atoms with Crippen LogP contribution in [0.15, 0.2) is 11.0 Å². The molecule has 0 atom stereocenters. The van der Waals surface area contributed by atoms with Crippen LogP contribution in [0.1, 0.15) is 17.7 Å². The molecule has 1 aromatic heterocycles. The fourth-order valence-electron chi connectivity index (χ4n) is 1.14. The number of hydrogen-bond acceptors (Lipinski definition) is 5. The summed E-state index contributed by atoms with van der Waals surface area (Å²) in [5.41, 5.74) is -1.39. The summed E-state index contributed by atoms with van der Waals surface area (Å²) in [6, 6.07) is 0.466. The minimum Gasteiger partial charge on any atom is -0.358 e. The lowest BCUT2D eigenvalue weighted by Gasteiger charge is -2.04. The Hall–Kier alpha value is -1.35. The van der Waals surface area contributed by atoms with Gasteiger partial charge >= 0.3 is 5.82 Å². The Morgan fingerprint density at radius 2 is 2.06 bits per heavy atom. The number of nitrogens with zero attached hydrogens (tertiary/aromatic N) is 2. The molecular formula is C7H5ClF2N2O4S. The minimum absolute atomic E-state index is 0.309. The third-order valence-electron chi connectivity index (χ3n) is 1.85. The number of aryl methyl sites for hydroxylation is 1. The smallest absolute Gasteiger partial charge is 0.358 e. The van der Waals surface area contributed by atoms with Crippen molar-refractivity contribution in [1.82, 2.24) is 4.98 Å². The summed E-state index contributed by atoms with van der Waals surface area (Å²) < 4.78 is 47.1. The van der Waals surface area contributed by atoms with Crippen LogP contribution < -0.4 is 0 Å². The summed E-state index contributed by atoms with van der Waals surface area (Å²) in [4.78, 5) is 11.9. The summed E-state index contributed by atoms with van der Waals surface area (Å²) in [7, 11) is 0.712. The van der Waals surface area contributed by atoms with Gasteiger partial charge in [0.15, 0.2) is 5.69 Å². The average Bonchev–Trinajstić information content (AvgIpc) is 2.14. The molecule has 0 fully saturated rings. The van der Waals surface area contributed by atoms with E-state index in [-0.39, 0.29) is 5.69 Å². The Labute approximate surface area is 98.8 Å². The third-order valence-corrected chi connectivity index (χ3v) is 3.28. The summed E-state index contributed by atoms with van der Waals surface area (Å²) in [6.45, 7) is 1.12. The molecule has 1 rings (SSSR count). The van der Waals surface area contributed by atoms with Gasteiger partial charge in [0.25, 0.3) is 15.5 Å². The van der Waals surface area contributed by atoms with Gasteiger partial charge in [0.2, 0.25) is 0 Å². The summed E-state index contributed by atoms with van der Waals surface area (Å²) in [5.74, 6) is -1.08. The maximum atomic E-state index is 12.5. The Kier molecular flexibility index (Phi) is 3.62. The Bertz CT molecular complexity index is 575. The van der Waals surface area contributed by atoms with Crippen molar-refractivity contribution in [2.45, 2.75) is 18.2 Å². The quantitative estimate of drug-likeness (QED) is 0.482. The highest BCUT2D eigenvalue weighted by Gasteiger charge is 2.29. The molecule has 0 saturated heterocycles. The largest absolute Gasteiger partial charge is 0.372 e. The van der Waals surface area contributed by atoms with Gasteiger partial charge in [0.05, 0.1) is 0 Å². The number of pyridine rings is 1. The molecule has 0 saturated carbocycles. The van der Waals surface area contributed by atoms with Crippen molar-refractivity contribution in [2.75, 3.05) is 0 Å². The van der Waals surface area contributed by atoms with E-state index >= 15 is 0 Å². The molecule has 0 amide bonds. The predicted octanol–water partition coefficient (Wildman–Crippen LogP) is 2.16. The SMILES string of the molecule is Cc1nc([N+](=O)[O-])c(C(F)F)cc1S(=O)(=O)Cl. The first-order chi connectivity index (χ1) is 7.64. The lowest BCUT2D eigenvalue weighted by atomic mass is 10.2. The van der Waals surface area contributed by atoms with Crippen LogP contribution in [0.4, 0.5) is 14.6 Å². The molecule has 6 nitrogen and oxygen atoms in total. The summed E-state index contributed by atoms with van der Waals surface area (Å²) in [6.07, 6.45) is -3.22. The van der Waals surface area contributed by atoms with Gasteiger partial charge in [-0.3, -0.25) is 0 Å². The van der Waals surface area contributed by atoms with E-state index in [9.17, 15) is 27.3 Å². The van der Waals surface area contributed by atoms with Crippen LogP contribution in [-0.4, -0.2) is 18.3 Å². The molecule has 0 aliphatic carbocycles. The highest BCUT2D eigenvalue weighted by molar-refractivity contribution is 8.13. The number of halogens is 3. The first-order valence-electron chi connectivity index (χ1n) is 4.03. The van der Waals surface area contributed by atoms with Crippen LogP contribution >= 0.6 is 10.7 Å². The van der Waals surface area contributed by atoms with Crippen molar-refractivity contribution in [1.29, 1.82) is 0 Å². The van der Waals surface area contributed by atoms with Crippen LogP contribution in [0.3, 0.4) is 0 Å². The summed E-state index contributed by atoms with van der Waals surface area (Å²) >= 11 is 0. The van der Waals surface area contributed by atoms with E-state index in [0.717, 1.165) is 6.92 Å². The first kappa shape index (κ1) is 13.7. The lowest BCUT2D eigenvalue weighted by Crippen LogP contribution is -2.05. The number of aromatic nitrogens is 1. The van der Waals surface area contributed by atoms with Crippen molar-refractivity contribution in [3.63, 3.8) is 0 Å². The summed E-state index contributed by atoms with van der Waals surface area (Å²) in [5, 5.41) is 10.5. The Morgan fingerprint density at radius 3 is 2.41 bits per heavy atom. The Balaban J connectivity index is 3.63. The third kappa shape index (κ3) is 2.86. The second-order valence-corrected chi connectivity index (χ2v) is 5.51. The molecule has 0 aliphatic rings. The van der Waals surface area contributed by atoms with Crippen LogP contribution in [0.2, 0.25) is 0 Å². The van der Waals surface area contributed by atoms with Gasteiger partial charge in [-0.15, -0.1) is 0 Å². The van der Waals surface area contributed by atoms with Gasteiger partial charge in [-0.1, -0.05) is 0 Å². The highest BCUT2D eigenvalue weighted by atomic mass is 35.7. The molecule has 1 heterocycles. The van der Waals surface area contributed by atoms with Crippen molar-refractivity contribution >= 4 is 25.6 Å². The van der Waals surface area contributed by atoms with E-state index in [1.165, 1.54) is 0 Å². The maximum absolute atomic E-state index is 12.5. The lowest BCUT2D eigenvalue weighted by molar-refractivity contribution is -0.391. The molecule has 17 heavy (non-hydrogen) atoms. The zero-order valence-corrected chi connectivity index (χ0v) is 9.80. The standard InChI is InChI=1S/C7H5ClF2N2O4S/c1-3-5(17(8,15)16)2-4(6(9)10)7(11-3)12(13)14/h2,6H,1H3. The number of alkyl halides is 2. The molecule has 10 heteroatoms.